The standard InChI is InChI=1S/C10H14BrNO6S/c1-5(3-6(2)13)12-19(16,17)8-4-7(10(14)15)18-9(8)11/h4-6,12-13H,3H2,1-2H3,(H,14,15). The van der Waals surface area contributed by atoms with Gasteiger partial charge in [-0.3, -0.25) is 0 Å². The van der Waals surface area contributed by atoms with Crippen molar-refractivity contribution in [2.24, 2.45) is 0 Å². The van der Waals surface area contributed by atoms with Crippen LogP contribution in [0, 0.1) is 0 Å². The molecule has 0 aliphatic carbocycles. The normalized spacial score (nSPS) is 15.2. The van der Waals surface area contributed by atoms with Crippen molar-refractivity contribution in [2.75, 3.05) is 0 Å². The summed E-state index contributed by atoms with van der Waals surface area (Å²) < 4.78 is 30.9. The van der Waals surface area contributed by atoms with Crippen molar-refractivity contribution >= 4 is 31.9 Å². The second-order valence-corrected chi connectivity index (χ2v) is 6.56. The highest BCUT2D eigenvalue weighted by Crippen LogP contribution is 2.26. The van der Waals surface area contributed by atoms with Gasteiger partial charge in [-0.25, -0.2) is 17.9 Å². The number of carbonyl (C=O) groups is 1. The van der Waals surface area contributed by atoms with Gasteiger partial charge in [0, 0.05) is 12.1 Å². The van der Waals surface area contributed by atoms with Gasteiger partial charge in [0.1, 0.15) is 4.90 Å². The Bertz CT molecular complexity index is 565. The predicted octanol–water partition coefficient (Wildman–Crippen LogP) is 1.18. The maximum atomic E-state index is 12.0. The third-order valence-corrected chi connectivity index (χ3v) is 4.65. The van der Waals surface area contributed by atoms with E-state index in [1.54, 1.807) is 13.8 Å². The van der Waals surface area contributed by atoms with E-state index in [9.17, 15) is 18.3 Å². The van der Waals surface area contributed by atoms with E-state index in [0.717, 1.165) is 6.07 Å². The molecule has 9 heteroatoms. The molecule has 0 fully saturated rings. The molecule has 7 nitrogen and oxygen atoms in total. The summed E-state index contributed by atoms with van der Waals surface area (Å²) in [6, 6.07) is 0.421. The quantitative estimate of drug-likeness (QED) is 0.705. The second kappa shape index (κ2) is 6.04. The Kier molecular flexibility index (Phi) is 5.13. The van der Waals surface area contributed by atoms with Gasteiger partial charge in [0.2, 0.25) is 15.8 Å². The lowest BCUT2D eigenvalue weighted by molar-refractivity contribution is 0.0661. The summed E-state index contributed by atoms with van der Waals surface area (Å²) >= 11 is 2.86. The Labute approximate surface area is 118 Å². The molecule has 0 bridgehead atoms. The highest BCUT2D eigenvalue weighted by atomic mass is 79.9. The van der Waals surface area contributed by atoms with Gasteiger partial charge in [-0.05, 0) is 36.2 Å². The number of aliphatic hydroxyl groups is 1. The van der Waals surface area contributed by atoms with Crippen molar-refractivity contribution in [1.29, 1.82) is 0 Å². The molecule has 1 heterocycles. The zero-order valence-corrected chi connectivity index (χ0v) is 12.7. The lowest BCUT2D eigenvalue weighted by atomic mass is 10.2. The summed E-state index contributed by atoms with van der Waals surface area (Å²) in [5.74, 6) is -1.84. The maximum Gasteiger partial charge on any atom is 0.371 e. The molecule has 1 rings (SSSR count). The molecule has 0 radical (unpaired) electrons. The van der Waals surface area contributed by atoms with Crippen LogP contribution in [0.25, 0.3) is 0 Å². The first-order valence-corrected chi connectivity index (χ1v) is 7.64. The molecule has 1 aromatic heterocycles. The van der Waals surface area contributed by atoms with Crippen molar-refractivity contribution in [3.63, 3.8) is 0 Å². The number of aromatic carboxylic acids is 1. The number of hydrogen-bond donors (Lipinski definition) is 3. The van der Waals surface area contributed by atoms with Crippen molar-refractivity contribution < 1.29 is 27.8 Å². The molecule has 108 valence electrons. The number of halogens is 1. The number of carboxylic acids is 1. The molecule has 0 aliphatic rings. The molecule has 0 spiro atoms. The first kappa shape index (κ1) is 16.2. The third-order valence-electron chi connectivity index (χ3n) is 2.21. The number of furan rings is 1. The molecule has 19 heavy (non-hydrogen) atoms. The van der Waals surface area contributed by atoms with Gasteiger partial charge in [-0.15, -0.1) is 0 Å². The van der Waals surface area contributed by atoms with Crippen LogP contribution in [0.4, 0.5) is 0 Å². The minimum absolute atomic E-state index is 0.179. The number of carboxylic acid groups (broad SMARTS) is 1. The zero-order valence-electron chi connectivity index (χ0n) is 10.3. The fourth-order valence-corrected chi connectivity index (χ4v) is 3.73. The Morgan fingerprint density at radius 3 is 2.53 bits per heavy atom. The maximum absolute atomic E-state index is 12.0. The average Bonchev–Trinajstić information content (AvgIpc) is 2.58. The number of nitrogens with one attached hydrogen (secondary N) is 1. The van der Waals surface area contributed by atoms with Gasteiger partial charge in [0.05, 0.1) is 6.10 Å². The fraction of sp³-hybridized carbons (Fsp3) is 0.500. The first-order chi connectivity index (χ1) is 8.63. The van der Waals surface area contributed by atoms with Gasteiger partial charge in [0.25, 0.3) is 0 Å². The second-order valence-electron chi connectivity index (χ2n) is 4.16. The minimum atomic E-state index is -3.91. The van der Waals surface area contributed by atoms with Crippen LogP contribution in [-0.4, -0.2) is 36.7 Å². The highest BCUT2D eigenvalue weighted by Gasteiger charge is 2.26. The van der Waals surface area contributed by atoms with E-state index in [-0.39, 0.29) is 16.0 Å². The summed E-state index contributed by atoms with van der Waals surface area (Å²) in [5.41, 5.74) is 0. The summed E-state index contributed by atoms with van der Waals surface area (Å²) in [7, 11) is -3.91. The number of rotatable bonds is 6. The van der Waals surface area contributed by atoms with Crippen LogP contribution in [0.5, 0.6) is 0 Å². The van der Waals surface area contributed by atoms with Crippen LogP contribution >= 0.6 is 15.9 Å². The minimum Gasteiger partial charge on any atom is -0.475 e. The topological polar surface area (TPSA) is 117 Å². The number of hydrogen-bond acceptors (Lipinski definition) is 5. The van der Waals surface area contributed by atoms with Crippen LogP contribution in [0.1, 0.15) is 30.8 Å². The van der Waals surface area contributed by atoms with Crippen LogP contribution in [-0.2, 0) is 10.0 Å². The van der Waals surface area contributed by atoms with Gasteiger partial charge in [-0.1, -0.05) is 0 Å². The van der Waals surface area contributed by atoms with E-state index in [1.807, 2.05) is 0 Å². The smallest absolute Gasteiger partial charge is 0.371 e. The van der Waals surface area contributed by atoms with Gasteiger partial charge < -0.3 is 14.6 Å². The molecule has 0 saturated carbocycles. The number of sulfonamides is 1. The zero-order chi connectivity index (χ0) is 14.8. The lowest BCUT2D eigenvalue weighted by Gasteiger charge is -2.14. The first-order valence-electron chi connectivity index (χ1n) is 5.36. The molecule has 0 saturated heterocycles. The summed E-state index contributed by atoms with van der Waals surface area (Å²) in [6.45, 7) is 3.14. The van der Waals surface area contributed by atoms with Crippen molar-refractivity contribution in [2.45, 2.75) is 37.3 Å². The molecule has 3 N–H and O–H groups in total. The fourth-order valence-electron chi connectivity index (χ4n) is 1.53. The van der Waals surface area contributed by atoms with E-state index >= 15 is 0 Å². The highest BCUT2D eigenvalue weighted by molar-refractivity contribution is 9.10. The van der Waals surface area contributed by atoms with E-state index in [1.165, 1.54) is 0 Å². The molecule has 2 unspecified atom stereocenters. The largest absolute Gasteiger partial charge is 0.475 e. The SMILES string of the molecule is CC(O)CC(C)NS(=O)(=O)c1cc(C(=O)O)oc1Br. The Balaban J connectivity index is 2.97. The van der Waals surface area contributed by atoms with Gasteiger partial charge >= 0.3 is 5.97 Å². The van der Waals surface area contributed by atoms with Crippen LogP contribution in [0.15, 0.2) is 20.0 Å². The molecule has 1 aromatic rings. The van der Waals surface area contributed by atoms with Crippen LogP contribution in [0.2, 0.25) is 0 Å². The Morgan fingerprint density at radius 2 is 2.11 bits per heavy atom. The van der Waals surface area contributed by atoms with Crippen molar-refractivity contribution in [3.8, 4) is 0 Å². The van der Waals surface area contributed by atoms with Crippen molar-refractivity contribution in [3.05, 3.63) is 16.5 Å². The van der Waals surface area contributed by atoms with E-state index in [2.05, 4.69) is 20.7 Å². The monoisotopic (exact) mass is 355 g/mol. The molecule has 0 aliphatic heterocycles. The Hall–Kier alpha value is -0.900. The number of aliphatic hydroxyl groups excluding tert-OH is 1. The van der Waals surface area contributed by atoms with Crippen molar-refractivity contribution in [1.82, 2.24) is 4.72 Å². The Morgan fingerprint density at radius 1 is 1.53 bits per heavy atom. The van der Waals surface area contributed by atoms with Crippen LogP contribution < -0.4 is 4.72 Å². The molecule has 2 atom stereocenters. The van der Waals surface area contributed by atoms with Gasteiger partial charge in [-0.2, -0.15) is 0 Å². The van der Waals surface area contributed by atoms with E-state index in [4.69, 9.17) is 9.52 Å². The molecule has 0 amide bonds. The van der Waals surface area contributed by atoms with Gasteiger partial charge in [0.15, 0.2) is 4.67 Å². The van der Waals surface area contributed by atoms with E-state index in [0.29, 0.717) is 0 Å². The lowest BCUT2D eigenvalue weighted by Crippen LogP contribution is -2.34. The summed E-state index contributed by atoms with van der Waals surface area (Å²) in [5, 5.41) is 17.9. The predicted molar refractivity (Wildman–Crippen MR) is 69.4 cm³/mol. The average molecular weight is 356 g/mol. The van der Waals surface area contributed by atoms with Crippen LogP contribution in [0.3, 0.4) is 0 Å². The summed E-state index contributed by atoms with van der Waals surface area (Å²) in [6.07, 6.45) is -0.416. The molecule has 0 aromatic carbocycles. The molecular weight excluding hydrogens is 342 g/mol. The van der Waals surface area contributed by atoms with E-state index < -0.39 is 33.9 Å². The molecular formula is C10H14BrNO6S. The summed E-state index contributed by atoms with van der Waals surface area (Å²) in [4.78, 5) is 10.4. The third kappa shape index (κ3) is 4.30.